The van der Waals surface area contributed by atoms with E-state index in [1.165, 1.54) is 0 Å². The van der Waals surface area contributed by atoms with Crippen molar-refractivity contribution in [1.82, 2.24) is 14.9 Å². The molecule has 2 aromatic carbocycles. The molecule has 5 nitrogen and oxygen atoms in total. The molecule has 1 amide bonds. The number of imidazole rings is 1. The zero-order chi connectivity index (χ0) is 20.1. The molecule has 0 spiro atoms. The number of carbonyl (C=O) groups is 2. The van der Waals surface area contributed by atoms with Crippen LogP contribution in [0.3, 0.4) is 0 Å². The monoisotopic (exact) mass is 377 g/mol. The first-order valence-corrected chi connectivity index (χ1v) is 9.88. The SMILES string of the molecule is CCC(CC)C(=O)NC(C)c1nc2ccccc2n1CC(=O)c1ccccc1. The Morgan fingerprint density at radius 2 is 1.64 bits per heavy atom. The van der Waals surface area contributed by atoms with E-state index in [4.69, 9.17) is 4.98 Å². The van der Waals surface area contributed by atoms with Crippen LogP contribution < -0.4 is 5.32 Å². The highest BCUT2D eigenvalue weighted by Crippen LogP contribution is 2.22. The Bertz CT molecular complexity index is 958. The van der Waals surface area contributed by atoms with Crippen molar-refractivity contribution in [3.8, 4) is 0 Å². The number of para-hydroxylation sites is 2. The van der Waals surface area contributed by atoms with Crippen LogP contribution in [0.5, 0.6) is 0 Å². The van der Waals surface area contributed by atoms with Gasteiger partial charge in [0.15, 0.2) is 5.78 Å². The summed E-state index contributed by atoms with van der Waals surface area (Å²) in [5.74, 6) is 0.741. The van der Waals surface area contributed by atoms with Crippen LogP contribution in [0.4, 0.5) is 0 Å². The number of hydrogen-bond acceptors (Lipinski definition) is 3. The summed E-state index contributed by atoms with van der Waals surface area (Å²) in [4.78, 5) is 30.1. The summed E-state index contributed by atoms with van der Waals surface area (Å²) in [6, 6.07) is 16.7. The quantitative estimate of drug-likeness (QED) is 0.587. The van der Waals surface area contributed by atoms with Crippen LogP contribution >= 0.6 is 0 Å². The van der Waals surface area contributed by atoms with Gasteiger partial charge in [0.1, 0.15) is 5.82 Å². The van der Waals surface area contributed by atoms with E-state index in [2.05, 4.69) is 5.32 Å². The number of nitrogens with zero attached hydrogens (tertiary/aromatic N) is 2. The molecule has 0 aliphatic heterocycles. The van der Waals surface area contributed by atoms with Crippen LogP contribution in [0.15, 0.2) is 54.6 Å². The summed E-state index contributed by atoms with van der Waals surface area (Å²) in [6.45, 7) is 6.15. The van der Waals surface area contributed by atoms with Gasteiger partial charge in [0.25, 0.3) is 0 Å². The second-order valence-corrected chi connectivity index (χ2v) is 7.08. The third-order valence-electron chi connectivity index (χ3n) is 5.18. The minimum absolute atomic E-state index is 0.00812. The van der Waals surface area contributed by atoms with E-state index in [9.17, 15) is 9.59 Å². The highest BCUT2D eigenvalue weighted by atomic mass is 16.2. The number of rotatable bonds is 8. The highest BCUT2D eigenvalue weighted by molar-refractivity contribution is 5.96. The van der Waals surface area contributed by atoms with Crippen molar-refractivity contribution in [3.63, 3.8) is 0 Å². The van der Waals surface area contributed by atoms with Crippen LogP contribution in [0.1, 0.15) is 55.8 Å². The van der Waals surface area contributed by atoms with Crippen molar-refractivity contribution in [2.75, 3.05) is 0 Å². The summed E-state index contributed by atoms with van der Waals surface area (Å²) in [5.41, 5.74) is 2.38. The van der Waals surface area contributed by atoms with Gasteiger partial charge in [-0.25, -0.2) is 4.98 Å². The molecule has 3 aromatic rings. The maximum atomic E-state index is 12.8. The van der Waals surface area contributed by atoms with Crippen molar-refractivity contribution >= 4 is 22.7 Å². The first kappa shape index (κ1) is 19.8. The number of Topliss-reactive ketones (excluding diaryl/α,β-unsaturated/α-hetero) is 1. The Balaban J connectivity index is 1.93. The summed E-state index contributed by atoms with van der Waals surface area (Å²) < 4.78 is 1.92. The van der Waals surface area contributed by atoms with Crippen molar-refractivity contribution < 1.29 is 9.59 Å². The molecule has 0 radical (unpaired) electrons. The van der Waals surface area contributed by atoms with Crippen LogP contribution in [0.2, 0.25) is 0 Å². The number of ketones is 1. The van der Waals surface area contributed by atoms with Gasteiger partial charge in [-0.05, 0) is 31.9 Å². The number of carbonyl (C=O) groups excluding carboxylic acids is 2. The molecule has 5 heteroatoms. The molecule has 1 atom stereocenters. The molecule has 3 rings (SSSR count). The Morgan fingerprint density at radius 3 is 2.32 bits per heavy atom. The Hall–Kier alpha value is -2.95. The highest BCUT2D eigenvalue weighted by Gasteiger charge is 2.22. The summed E-state index contributed by atoms with van der Waals surface area (Å²) in [6.07, 6.45) is 1.61. The molecule has 146 valence electrons. The topological polar surface area (TPSA) is 64.0 Å². The lowest BCUT2D eigenvalue weighted by molar-refractivity contribution is -0.125. The third-order valence-corrected chi connectivity index (χ3v) is 5.18. The van der Waals surface area contributed by atoms with Gasteiger partial charge in [0, 0.05) is 11.5 Å². The maximum absolute atomic E-state index is 12.8. The molecule has 1 aromatic heterocycles. The molecule has 0 saturated carbocycles. The third kappa shape index (κ3) is 4.14. The molecule has 1 heterocycles. The minimum atomic E-state index is -0.288. The molecular weight excluding hydrogens is 350 g/mol. The van der Waals surface area contributed by atoms with Gasteiger partial charge in [-0.15, -0.1) is 0 Å². The Labute approximate surface area is 165 Å². The summed E-state index contributed by atoms with van der Waals surface area (Å²) in [5, 5.41) is 3.08. The van der Waals surface area contributed by atoms with Gasteiger partial charge in [-0.3, -0.25) is 9.59 Å². The maximum Gasteiger partial charge on any atom is 0.223 e. The molecule has 0 aliphatic carbocycles. The van der Waals surface area contributed by atoms with Gasteiger partial charge in [0.2, 0.25) is 5.91 Å². The smallest absolute Gasteiger partial charge is 0.223 e. The summed E-state index contributed by atoms with van der Waals surface area (Å²) >= 11 is 0. The Kier molecular flexibility index (Phi) is 6.24. The molecule has 1 N–H and O–H groups in total. The second kappa shape index (κ2) is 8.83. The van der Waals surface area contributed by atoms with E-state index >= 15 is 0 Å². The van der Waals surface area contributed by atoms with Crippen LogP contribution in [0, 0.1) is 5.92 Å². The fraction of sp³-hybridized carbons (Fsp3) is 0.348. The van der Waals surface area contributed by atoms with Gasteiger partial charge in [-0.1, -0.05) is 56.3 Å². The normalized spacial score (nSPS) is 12.3. The molecule has 0 bridgehead atoms. The standard InChI is InChI=1S/C23H27N3O2/c1-4-17(5-2)23(28)24-16(3)22-25-19-13-9-10-14-20(19)26(22)15-21(27)18-11-7-6-8-12-18/h6-14,16-17H,4-5,15H2,1-3H3,(H,24,28). The van der Waals surface area contributed by atoms with Gasteiger partial charge < -0.3 is 9.88 Å². The van der Waals surface area contributed by atoms with Crippen molar-refractivity contribution in [2.45, 2.75) is 46.2 Å². The lowest BCUT2D eigenvalue weighted by atomic mass is 10.0. The molecular formula is C23H27N3O2. The average Bonchev–Trinajstić information content (AvgIpc) is 3.08. The lowest BCUT2D eigenvalue weighted by Crippen LogP contribution is -2.34. The average molecular weight is 377 g/mol. The zero-order valence-electron chi connectivity index (χ0n) is 16.7. The van der Waals surface area contributed by atoms with E-state index in [0.717, 1.165) is 23.9 Å². The first-order chi connectivity index (χ1) is 13.5. The Morgan fingerprint density at radius 1 is 1.00 bits per heavy atom. The van der Waals surface area contributed by atoms with Crippen LogP contribution in [0.25, 0.3) is 11.0 Å². The first-order valence-electron chi connectivity index (χ1n) is 9.88. The van der Waals surface area contributed by atoms with E-state index in [1.807, 2.05) is 79.9 Å². The molecule has 1 unspecified atom stereocenters. The number of hydrogen-bond donors (Lipinski definition) is 1. The lowest BCUT2D eigenvalue weighted by Gasteiger charge is -2.19. The predicted octanol–water partition coefficient (Wildman–Crippen LogP) is 4.53. The number of amides is 1. The van der Waals surface area contributed by atoms with Crippen molar-refractivity contribution in [1.29, 1.82) is 0 Å². The van der Waals surface area contributed by atoms with E-state index in [-0.39, 0.29) is 30.2 Å². The second-order valence-electron chi connectivity index (χ2n) is 7.08. The van der Waals surface area contributed by atoms with Gasteiger partial charge in [-0.2, -0.15) is 0 Å². The summed E-state index contributed by atoms with van der Waals surface area (Å²) in [7, 11) is 0. The fourth-order valence-electron chi connectivity index (χ4n) is 3.51. The van der Waals surface area contributed by atoms with E-state index < -0.39 is 0 Å². The van der Waals surface area contributed by atoms with E-state index in [0.29, 0.717) is 11.4 Å². The largest absolute Gasteiger partial charge is 0.346 e. The number of benzene rings is 2. The zero-order valence-corrected chi connectivity index (χ0v) is 16.7. The van der Waals surface area contributed by atoms with Gasteiger partial charge >= 0.3 is 0 Å². The van der Waals surface area contributed by atoms with Crippen LogP contribution in [-0.2, 0) is 11.3 Å². The molecule has 0 fully saturated rings. The van der Waals surface area contributed by atoms with Crippen molar-refractivity contribution in [3.05, 3.63) is 66.0 Å². The van der Waals surface area contributed by atoms with Gasteiger partial charge in [0.05, 0.1) is 23.6 Å². The van der Waals surface area contributed by atoms with E-state index in [1.54, 1.807) is 0 Å². The van der Waals surface area contributed by atoms with Crippen molar-refractivity contribution in [2.24, 2.45) is 5.92 Å². The molecule has 0 saturated heterocycles. The number of aromatic nitrogens is 2. The predicted molar refractivity (Wildman–Crippen MR) is 111 cm³/mol. The van der Waals surface area contributed by atoms with Crippen LogP contribution in [-0.4, -0.2) is 21.2 Å². The fourth-order valence-corrected chi connectivity index (χ4v) is 3.51. The number of fused-ring (bicyclic) bond motifs is 1. The number of nitrogens with one attached hydrogen (secondary N) is 1. The molecule has 28 heavy (non-hydrogen) atoms. The molecule has 0 aliphatic rings. The minimum Gasteiger partial charge on any atom is -0.346 e.